The van der Waals surface area contributed by atoms with Crippen LogP contribution in [0.25, 0.3) is 33.1 Å². The van der Waals surface area contributed by atoms with E-state index < -0.39 is 0 Å². The lowest BCUT2D eigenvalue weighted by Crippen LogP contribution is -1.93. The Hall–Kier alpha value is -3.85. The van der Waals surface area contributed by atoms with Gasteiger partial charge in [-0.2, -0.15) is 0 Å². The molecule has 140 valence electrons. The van der Waals surface area contributed by atoms with Crippen LogP contribution in [0.2, 0.25) is 0 Å². The van der Waals surface area contributed by atoms with E-state index in [2.05, 4.69) is 89.3 Å². The average molecular weight is 375 g/mol. The summed E-state index contributed by atoms with van der Waals surface area (Å²) in [5.41, 5.74) is 6.02. The lowest BCUT2D eigenvalue weighted by Gasteiger charge is -2.07. The summed E-state index contributed by atoms with van der Waals surface area (Å²) in [7, 11) is 0. The fraction of sp³-hybridized carbons (Fsp3) is 0.0385. The minimum Gasteiger partial charge on any atom is -0.309 e. The molecule has 0 saturated heterocycles. The van der Waals surface area contributed by atoms with Crippen molar-refractivity contribution in [2.45, 2.75) is 6.92 Å². The topological polar surface area (TPSA) is 22.2 Å². The zero-order valence-corrected chi connectivity index (χ0v) is 16.2. The van der Waals surface area contributed by atoms with Crippen LogP contribution >= 0.6 is 0 Å². The highest BCUT2D eigenvalue weighted by Crippen LogP contribution is 2.31. The van der Waals surface area contributed by atoms with Gasteiger partial charge in [0.2, 0.25) is 0 Å². The third-order valence-corrected chi connectivity index (χ3v) is 5.17. The summed E-state index contributed by atoms with van der Waals surface area (Å²) in [6, 6.07) is 31.8. The van der Waals surface area contributed by atoms with Crippen LogP contribution in [0.3, 0.4) is 0 Å². The van der Waals surface area contributed by atoms with Crippen LogP contribution in [-0.2, 0) is 0 Å². The zero-order chi connectivity index (χ0) is 19.6. The van der Waals surface area contributed by atoms with Crippen LogP contribution < -0.4 is 0 Å². The molecule has 3 heterocycles. The number of para-hydroxylation sites is 2. The van der Waals surface area contributed by atoms with Gasteiger partial charge < -0.3 is 8.97 Å². The molecule has 3 aromatic heterocycles. The van der Waals surface area contributed by atoms with E-state index in [0.717, 1.165) is 5.65 Å². The van der Waals surface area contributed by atoms with Crippen molar-refractivity contribution in [2.75, 3.05) is 0 Å². The fourth-order valence-corrected chi connectivity index (χ4v) is 3.76. The average Bonchev–Trinajstić information content (AvgIpc) is 3.38. The second kappa shape index (κ2) is 7.28. The van der Waals surface area contributed by atoms with Gasteiger partial charge in [-0.15, -0.1) is 0 Å². The molecule has 6 rings (SSSR count). The molecule has 0 atom stereocenters. The van der Waals surface area contributed by atoms with Crippen molar-refractivity contribution in [1.29, 1.82) is 0 Å². The third kappa shape index (κ3) is 3.17. The van der Waals surface area contributed by atoms with Gasteiger partial charge in [-0.1, -0.05) is 60.2 Å². The van der Waals surface area contributed by atoms with Gasteiger partial charge >= 0.3 is 0 Å². The number of hydrogen-bond acceptors (Lipinski definition) is 1. The first-order valence-electron chi connectivity index (χ1n) is 9.74. The largest absolute Gasteiger partial charge is 0.309 e. The predicted molar refractivity (Wildman–Crippen MR) is 121 cm³/mol. The van der Waals surface area contributed by atoms with Gasteiger partial charge in [0.05, 0.1) is 11.0 Å². The van der Waals surface area contributed by atoms with E-state index in [9.17, 15) is 0 Å². The first-order chi connectivity index (χ1) is 14.3. The van der Waals surface area contributed by atoms with E-state index in [1.165, 1.54) is 33.1 Å². The van der Waals surface area contributed by atoms with E-state index in [1.807, 2.05) is 35.0 Å². The number of aromatic nitrogens is 3. The molecule has 0 unspecified atom stereocenters. The molecular formula is C26H21N3. The van der Waals surface area contributed by atoms with Crippen molar-refractivity contribution in [1.82, 2.24) is 14.0 Å². The molecule has 3 heteroatoms. The smallest absolute Gasteiger partial charge is 0.136 e. The highest BCUT2D eigenvalue weighted by atomic mass is 15.0. The standard InChI is InChI=1S/C19H15N.C7H6N2/c1-14-10-12-15(13-11-14)20-18-8-4-2-6-16(18)17-7-3-5-9-19(17)20;1-2-5-9-6-4-8-7(9)3-1/h2-13H,1H3;1-6H. The minimum absolute atomic E-state index is 0.998. The quantitative estimate of drug-likeness (QED) is 0.325. The second-order valence-electron chi connectivity index (χ2n) is 7.10. The van der Waals surface area contributed by atoms with E-state index in [-0.39, 0.29) is 0 Å². The van der Waals surface area contributed by atoms with Crippen molar-refractivity contribution >= 4 is 27.5 Å². The Labute approximate surface area is 169 Å². The Bertz CT molecular complexity index is 1320. The Morgan fingerprint density at radius 2 is 1.24 bits per heavy atom. The summed E-state index contributed by atoms with van der Waals surface area (Å²) < 4.78 is 4.31. The molecule has 0 aliphatic rings. The van der Waals surface area contributed by atoms with Crippen LogP contribution in [0.1, 0.15) is 5.56 Å². The lowest BCUT2D eigenvalue weighted by atomic mass is 10.2. The maximum absolute atomic E-state index is 4.08. The summed E-state index contributed by atoms with van der Waals surface area (Å²) >= 11 is 0. The van der Waals surface area contributed by atoms with Crippen molar-refractivity contribution in [3.05, 3.63) is 115 Å². The minimum atomic E-state index is 0.998. The molecule has 29 heavy (non-hydrogen) atoms. The molecule has 0 saturated carbocycles. The Kier molecular flexibility index (Phi) is 4.34. The van der Waals surface area contributed by atoms with Crippen LogP contribution in [0.5, 0.6) is 0 Å². The summed E-state index contributed by atoms with van der Waals surface area (Å²) in [5, 5.41) is 2.62. The Morgan fingerprint density at radius 3 is 1.90 bits per heavy atom. The molecule has 0 spiro atoms. The Morgan fingerprint density at radius 1 is 0.621 bits per heavy atom. The number of rotatable bonds is 1. The first kappa shape index (κ1) is 17.3. The summed E-state index contributed by atoms with van der Waals surface area (Å²) in [5.74, 6) is 0. The fourth-order valence-electron chi connectivity index (χ4n) is 3.76. The molecule has 0 aliphatic carbocycles. The number of imidazole rings is 1. The molecule has 3 nitrogen and oxygen atoms in total. The summed E-state index contributed by atoms with van der Waals surface area (Å²) in [6.45, 7) is 2.12. The lowest BCUT2D eigenvalue weighted by molar-refractivity contribution is 1.17. The second-order valence-corrected chi connectivity index (χ2v) is 7.10. The van der Waals surface area contributed by atoms with Gasteiger partial charge in [0, 0.05) is 35.1 Å². The van der Waals surface area contributed by atoms with Crippen LogP contribution in [-0.4, -0.2) is 14.0 Å². The molecule has 0 radical (unpaired) electrons. The number of aryl methyl sites for hydroxylation is 1. The number of hydrogen-bond donors (Lipinski definition) is 0. The van der Waals surface area contributed by atoms with Gasteiger partial charge in [-0.3, -0.25) is 0 Å². The monoisotopic (exact) mass is 375 g/mol. The van der Waals surface area contributed by atoms with Crippen molar-refractivity contribution in [3.8, 4) is 5.69 Å². The van der Waals surface area contributed by atoms with Crippen LogP contribution in [0.4, 0.5) is 0 Å². The van der Waals surface area contributed by atoms with Crippen LogP contribution in [0.15, 0.2) is 110 Å². The predicted octanol–water partition coefficient (Wildman–Crippen LogP) is 6.43. The van der Waals surface area contributed by atoms with Gasteiger partial charge in [-0.05, 0) is 43.3 Å². The maximum atomic E-state index is 4.08. The van der Waals surface area contributed by atoms with Crippen LogP contribution in [0, 0.1) is 6.92 Å². The highest BCUT2D eigenvalue weighted by Gasteiger charge is 2.10. The number of nitrogens with zero attached hydrogens (tertiary/aromatic N) is 3. The normalized spacial score (nSPS) is 10.9. The van der Waals surface area contributed by atoms with Gasteiger partial charge in [0.1, 0.15) is 5.65 Å². The van der Waals surface area contributed by atoms with Gasteiger partial charge in [-0.25, -0.2) is 4.98 Å². The van der Waals surface area contributed by atoms with Crippen molar-refractivity contribution in [2.24, 2.45) is 0 Å². The molecule has 0 fully saturated rings. The van der Waals surface area contributed by atoms with Gasteiger partial charge in [0.15, 0.2) is 0 Å². The number of benzene rings is 3. The molecule has 0 N–H and O–H groups in total. The van der Waals surface area contributed by atoms with Crippen molar-refractivity contribution < 1.29 is 0 Å². The van der Waals surface area contributed by atoms with E-state index in [0.29, 0.717) is 0 Å². The van der Waals surface area contributed by atoms with E-state index in [1.54, 1.807) is 6.20 Å². The molecule has 6 aromatic rings. The van der Waals surface area contributed by atoms with E-state index in [4.69, 9.17) is 0 Å². The molecular weight excluding hydrogens is 354 g/mol. The first-order valence-corrected chi connectivity index (χ1v) is 9.74. The zero-order valence-electron chi connectivity index (χ0n) is 16.2. The molecule has 0 aliphatic heterocycles. The Balaban J connectivity index is 0.000000168. The third-order valence-electron chi connectivity index (χ3n) is 5.17. The highest BCUT2D eigenvalue weighted by molar-refractivity contribution is 6.09. The number of pyridine rings is 1. The molecule has 0 bridgehead atoms. The van der Waals surface area contributed by atoms with E-state index >= 15 is 0 Å². The van der Waals surface area contributed by atoms with Gasteiger partial charge in [0.25, 0.3) is 0 Å². The summed E-state index contributed by atoms with van der Waals surface area (Å²) in [4.78, 5) is 4.08. The SMILES string of the molecule is Cc1ccc(-n2c3ccccc3c3ccccc32)cc1.c1ccn2ccnc2c1. The van der Waals surface area contributed by atoms with Crippen molar-refractivity contribution in [3.63, 3.8) is 0 Å². The molecule has 3 aromatic carbocycles. The molecule has 0 amide bonds. The summed E-state index contributed by atoms with van der Waals surface area (Å²) in [6.07, 6.45) is 5.69. The number of fused-ring (bicyclic) bond motifs is 4. The maximum Gasteiger partial charge on any atom is 0.136 e.